The molecule has 0 spiro atoms. The number of amides is 1. The minimum absolute atomic E-state index is 0.254. The van der Waals surface area contributed by atoms with Gasteiger partial charge in [0.25, 0.3) is 0 Å². The first kappa shape index (κ1) is 18.6. The molecule has 1 aromatic heterocycles. The van der Waals surface area contributed by atoms with Gasteiger partial charge in [0.1, 0.15) is 5.60 Å². The molecule has 5 nitrogen and oxygen atoms in total. The average molecular weight is 328 g/mol. The number of ether oxygens (including phenoxy) is 1. The van der Waals surface area contributed by atoms with Gasteiger partial charge in [-0.15, -0.1) is 0 Å². The summed E-state index contributed by atoms with van der Waals surface area (Å²) in [6, 6.07) is 3.71. The zero-order valence-corrected chi connectivity index (χ0v) is 14.7. The van der Waals surface area contributed by atoms with Crippen molar-refractivity contribution >= 4 is 23.4 Å². The number of hydrogen-bond donors (Lipinski definition) is 2. The second kappa shape index (κ2) is 8.22. The van der Waals surface area contributed by atoms with Crippen molar-refractivity contribution in [3.05, 3.63) is 23.5 Å². The lowest BCUT2D eigenvalue weighted by Crippen LogP contribution is -2.38. The summed E-state index contributed by atoms with van der Waals surface area (Å²) in [5.41, 5.74) is 0.311. The van der Waals surface area contributed by atoms with Gasteiger partial charge >= 0.3 is 6.09 Å². The lowest BCUT2D eigenvalue weighted by Gasteiger charge is -2.24. The van der Waals surface area contributed by atoms with Crippen LogP contribution in [0.3, 0.4) is 0 Å². The Kier molecular flexibility index (Phi) is 6.94. The maximum Gasteiger partial charge on any atom is 0.407 e. The molecular formula is C16H26ClN3O2. The van der Waals surface area contributed by atoms with Crippen LogP contribution < -0.4 is 10.6 Å². The maximum atomic E-state index is 11.7. The zero-order valence-electron chi connectivity index (χ0n) is 13.9. The van der Waals surface area contributed by atoms with Crippen LogP contribution in [0.4, 0.5) is 10.5 Å². The van der Waals surface area contributed by atoms with E-state index in [1.54, 1.807) is 6.20 Å². The molecule has 6 heteroatoms. The van der Waals surface area contributed by atoms with Crippen LogP contribution in [-0.2, 0) is 4.74 Å². The summed E-state index contributed by atoms with van der Waals surface area (Å²) >= 11 is 6.02. The SMILES string of the molecule is CC(C)C(CNC(=O)OC(C)(C)C)CNc1cccnc1Cl. The predicted molar refractivity (Wildman–Crippen MR) is 90.3 cm³/mol. The Labute approximate surface area is 137 Å². The molecule has 0 fully saturated rings. The van der Waals surface area contributed by atoms with Crippen LogP contribution in [0.25, 0.3) is 0 Å². The van der Waals surface area contributed by atoms with E-state index in [0.29, 0.717) is 24.2 Å². The van der Waals surface area contributed by atoms with Crippen molar-refractivity contribution < 1.29 is 9.53 Å². The van der Waals surface area contributed by atoms with Crippen LogP contribution >= 0.6 is 11.6 Å². The fraction of sp³-hybridized carbons (Fsp3) is 0.625. The molecule has 0 aliphatic rings. The van der Waals surface area contributed by atoms with Gasteiger partial charge in [0.05, 0.1) is 5.69 Å². The van der Waals surface area contributed by atoms with Gasteiger partial charge in [-0.2, -0.15) is 0 Å². The van der Waals surface area contributed by atoms with Gasteiger partial charge in [0, 0.05) is 19.3 Å². The molecule has 1 unspecified atom stereocenters. The third-order valence-corrected chi connectivity index (χ3v) is 3.47. The number of pyridine rings is 1. The lowest BCUT2D eigenvalue weighted by atomic mass is 9.95. The fourth-order valence-corrected chi connectivity index (χ4v) is 2.02. The summed E-state index contributed by atoms with van der Waals surface area (Å²) in [5.74, 6) is 0.654. The summed E-state index contributed by atoms with van der Waals surface area (Å²) in [6.07, 6.45) is 1.26. The second-order valence-corrected chi connectivity index (χ2v) is 6.97. The molecular weight excluding hydrogens is 302 g/mol. The number of aromatic nitrogens is 1. The molecule has 0 aromatic carbocycles. The normalized spacial score (nSPS) is 12.9. The Hall–Kier alpha value is -1.49. The van der Waals surface area contributed by atoms with Gasteiger partial charge in [-0.3, -0.25) is 0 Å². The number of carbonyl (C=O) groups excluding carboxylic acids is 1. The molecule has 0 saturated heterocycles. The van der Waals surface area contributed by atoms with Gasteiger partial charge < -0.3 is 15.4 Å². The van der Waals surface area contributed by atoms with E-state index in [1.165, 1.54) is 0 Å². The first-order chi connectivity index (χ1) is 10.2. The van der Waals surface area contributed by atoms with E-state index in [-0.39, 0.29) is 5.92 Å². The third-order valence-electron chi connectivity index (χ3n) is 3.16. The van der Waals surface area contributed by atoms with Crippen LogP contribution in [-0.4, -0.2) is 29.8 Å². The number of rotatable bonds is 6. The zero-order chi connectivity index (χ0) is 16.8. The Morgan fingerprint density at radius 2 is 2.05 bits per heavy atom. The molecule has 22 heavy (non-hydrogen) atoms. The molecule has 0 saturated carbocycles. The maximum absolute atomic E-state index is 11.7. The average Bonchev–Trinajstić information content (AvgIpc) is 2.38. The smallest absolute Gasteiger partial charge is 0.407 e. The molecule has 1 aromatic rings. The highest BCUT2D eigenvalue weighted by Crippen LogP contribution is 2.19. The van der Waals surface area contributed by atoms with Crippen molar-refractivity contribution in [3.63, 3.8) is 0 Å². The molecule has 0 bridgehead atoms. The standard InChI is InChI=1S/C16H26ClN3O2/c1-11(2)12(10-20-15(21)22-16(3,4)5)9-19-13-7-6-8-18-14(13)17/h6-8,11-12,19H,9-10H2,1-5H3,(H,20,21). The molecule has 1 rings (SSSR count). The largest absolute Gasteiger partial charge is 0.444 e. The predicted octanol–water partition coefficient (Wildman–Crippen LogP) is 3.94. The van der Waals surface area contributed by atoms with Crippen LogP contribution in [0.1, 0.15) is 34.6 Å². The molecule has 0 aliphatic carbocycles. The Bertz CT molecular complexity index is 487. The van der Waals surface area contributed by atoms with Crippen molar-refractivity contribution in [3.8, 4) is 0 Å². The number of nitrogens with zero attached hydrogens (tertiary/aromatic N) is 1. The topological polar surface area (TPSA) is 63.2 Å². The highest BCUT2D eigenvalue weighted by Gasteiger charge is 2.19. The molecule has 124 valence electrons. The quantitative estimate of drug-likeness (QED) is 0.777. The number of alkyl carbamates (subject to hydrolysis) is 1. The fourth-order valence-electron chi connectivity index (χ4n) is 1.83. The van der Waals surface area contributed by atoms with Crippen LogP contribution in [0.15, 0.2) is 18.3 Å². The minimum Gasteiger partial charge on any atom is -0.444 e. The van der Waals surface area contributed by atoms with E-state index in [4.69, 9.17) is 16.3 Å². The van der Waals surface area contributed by atoms with Crippen LogP contribution in [0, 0.1) is 11.8 Å². The van der Waals surface area contributed by atoms with Crippen molar-refractivity contribution in [2.24, 2.45) is 11.8 Å². The van der Waals surface area contributed by atoms with Gasteiger partial charge in [0.15, 0.2) is 5.15 Å². The first-order valence-corrected chi connectivity index (χ1v) is 7.88. The number of carbonyl (C=O) groups is 1. The summed E-state index contributed by atoms with van der Waals surface area (Å²) < 4.78 is 5.25. The lowest BCUT2D eigenvalue weighted by molar-refractivity contribution is 0.0516. The summed E-state index contributed by atoms with van der Waals surface area (Å²) in [4.78, 5) is 15.8. The summed E-state index contributed by atoms with van der Waals surface area (Å²) in [5, 5.41) is 6.55. The minimum atomic E-state index is -0.487. The molecule has 0 aliphatic heterocycles. The Morgan fingerprint density at radius 1 is 1.36 bits per heavy atom. The van der Waals surface area contributed by atoms with Gasteiger partial charge in [-0.1, -0.05) is 25.4 Å². The van der Waals surface area contributed by atoms with Gasteiger partial charge in [0.2, 0.25) is 0 Å². The number of halogens is 1. The summed E-state index contributed by atoms with van der Waals surface area (Å²) in [7, 11) is 0. The second-order valence-electron chi connectivity index (χ2n) is 6.61. The van der Waals surface area contributed by atoms with Gasteiger partial charge in [-0.05, 0) is 44.7 Å². The monoisotopic (exact) mass is 327 g/mol. The molecule has 1 atom stereocenters. The van der Waals surface area contributed by atoms with Crippen LogP contribution in [0.5, 0.6) is 0 Å². The number of nitrogens with one attached hydrogen (secondary N) is 2. The first-order valence-electron chi connectivity index (χ1n) is 7.50. The van der Waals surface area contributed by atoms with E-state index in [2.05, 4.69) is 29.5 Å². The van der Waals surface area contributed by atoms with E-state index in [9.17, 15) is 4.79 Å². The van der Waals surface area contributed by atoms with E-state index >= 15 is 0 Å². The number of hydrogen-bond acceptors (Lipinski definition) is 4. The molecule has 0 radical (unpaired) electrons. The highest BCUT2D eigenvalue weighted by molar-refractivity contribution is 6.31. The van der Waals surface area contributed by atoms with E-state index in [0.717, 1.165) is 5.69 Å². The van der Waals surface area contributed by atoms with E-state index in [1.807, 2.05) is 32.9 Å². The van der Waals surface area contributed by atoms with Crippen molar-refractivity contribution in [1.82, 2.24) is 10.3 Å². The molecule has 2 N–H and O–H groups in total. The van der Waals surface area contributed by atoms with Crippen LogP contribution in [0.2, 0.25) is 5.15 Å². The van der Waals surface area contributed by atoms with Crippen molar-refractivity contribution in [2.75, 3.05) is 18.4 Å². The van der Waals surface area contributed by atoms with E-state index < -0.39 is 11.7 Å². The van der Waals surface area contributed by atoms with Crippen molar-refractivity contribution in [1.29, 1.82) is 0 Å². The van der Waals surface area contributed by atoms with Crippen molar-refractivity contribution in [2.45, 2.75) is 40.2 Å². The molecule has 1 amide bonds. The Balaban J connectivity index is 2.49. The Morgan fingerprint density at radius 3 is 2.59 bits per heavy atom. The third kappa shape index (κ3) is 6.98. The molecule has 1 heterocycles. The van der Waals surface area contributed by atoms with Gasteiger partial charge in [-0.25, -0.2) is 9.78 Å². The summed E-state index contributed by atoms with van der Waals surface area (Å²) in [6.45, 7) is 11.0. The highest BCUT2D eigenvalue weighted by atomic mass is 35.5. The number of anilines is 1.